The van der Waals surface area contributed by atoms with E-state index in [1.54, 1.807) is 4.57 Å². The number of rotatable bonds is 5. The largest absolute Gasteiger partial charge is 0.445 e. The third kappa shape index (κ3) is 3.41. The van der Waals surface area contributed by atoms with Gasteiger partial charge in [-0.3, -0.25) is 9.36 Å². The summed E-state index contributed by atoms with van der Waals surface area (Å²) in [7, 11) is 0. The number of benzene rings is 1. The highest BCUT2D eigenvalue weighted by atomic mass is 32.2. The lowest BCUT2D eigenvalue weighted by Gasteiger charge is -2.16. The van der Waals surface area contributed by atoms with Crippen molar-refractivity contribution in [3.05, 3.63) is 52.0 Å². The van der Waals surface area contributed by atoms with Gasteiger partial charge in [0.1, 0.15) is 5.76 Å². The maximum Gasteiger partial charge on any atom is 0.262 e. The number of hydrogen-bond donors (Lipinski definition) is 0. The summed E-state index contributed by atoms with van der Waals surface area (Å²) in [6, 6.07) is 7.46. The van der Waals surface area contributed by atoms with Crippen molar-refractivity contribution in [2.24, 2.45) is 0 Å². The Hall–Kier alpha value is -2.12. The highest BCUT2D eigenvalue weighted by Gasteiger charge is 2.20. The number of thioether (sulfide) groups is 1. The van der Waals surface area contributed by atoms with Crippen LogP contribution < -0.4 is 5.56 Å². The van der Waals surface area contributed by atoms with Crippen molar-refractivity contribution in [2.45, 2.75) is 50.2 Å². The highest BCUT2D eigenvalue weighted by Crippen LogP contribution is 2.24. The van der Waals surface area contributed by atoms with Gasteiger partial charge in [0.15, 0.2) is 5.16 Å². The number of nitrogens with zero attached hydrogens (tertiary/aromatic N) is 3. The summed E-state index contributed by atoms with van der Waals surface area (Å²) in [4.78, 5) is 22.2. The summed E-state index contributed by atoms with van der Waals surface area (Å²) < 4.78 is 13.1. The number of aryl methyl sites for hydroxylation is 2. The van der Waals surface area contributed by atoms with Crippen molar-refractivity contribution in [3.63, 3.8) is 0 Å². The lowest BCUT2D eigenvalue weighted by atomic mass is 10.2. The molecule has 0 radical (unpaired) electrons. The topological polar surface area (TPSA) is 70.2 Å². The van der Waals surface area contributed by atoms with Gasteiger partial charge in [0.25, 0.3) is 5.56 Å². The average molecular weight is 371 g/mol. The van der Waals surface area contributed by atoms with Crippen LogP contribution in [0.5, 0.6) is 0 Å². The van der Waals surface area contributed by atoms with Crippen LogP contribution in [0.25, 0.3) is 10.9 Å². The average Bonchev–Trinajstić information content (AvgIpc) is 3.26. The molecule has 0 amide bonds. The molecule has 1 aliphatic heterocycles. The van der Waals surface area contributed by atoms with Crippen LogP contribution in [0.3, 0.4) is 0 Å². The van der Waals surface area contributed by atoms with E-state index in [9.17, 15) is 4.79 Å². The second-order valence-corrected chi connectivity index (χ2v) is 7.44. The maximum atomic E-state index is 13.0. The van der Waals surface area contributed by atoms with Crippen LogP contribution in [0, 0.1) is 13.8 Å². The number of hydrogen-bond acceptors (Lipinski definition) is 6. The maximum absolute atomic E-state index is 13.0. The van der Waals surface area contributed by atoms with Crippen molar-refractivity contribution >= 4 is 22.7 Å². The molecule has 0 aliphatic carbocycles. The fourth-order valence-corrected chi connectivity index (χ4v) is 3.99. The molecule has 0 saturated carbocycles. The molecule has 1 fully saturated rings. The van der Waals surface area contributed by atoms with E-state index < -0.39 is 0 Å². The predicted octanol–water partition coefficient (Wildman–Crippen LogP) is 3.47. The van der Waals surface area contributed by atoms with Crippen molar-refractivity contribution in [1.82, 2.24) is 14.5 Å². The zero-order valence-corrected chi connectivity index (χ0v) is 15.7. The molecule has 0 unspecified atom stereocenters. The molecule has 3 aromatic rings. The Morgan fingerprint density at radius 3 is 2.85 bits per heavy atom. The first-order valence-electron chi connectivity index (χ1n) is 8.78. The predicted molar refractivity (Wildman–Crippen MR) is 101 cm³/mol. The molecule has 1 aromatic carbocycles. The molecular formula is C19H21N3O3S. The number of oxazole rings is 1. The van der Waals surface area contributed by atoms with E-state index in [1.807, 2.05) is 38.1 Å². The fraction of sp³-hybridized carbons (Fsp3) is 0.421. The van der Waals surface area contributed by atoms with E-state index in [4.69, 9.17) is 14.1 Å². The molecule has 2 aromatic heterocycles. The molecule has 26 heavy (non-hydrogen) atoms. The van der Waals surface area contributed by atoms with Gasteiger partial charge in [0, 0.05) is 6.61 Å². The molecule has 7 heteroatoms. The van der Waals surface area contributed by atoms with Gasteiger partial charge in [-0.2, -0.15) is 0 Å². The van der Waals surface area contributed by atoms with Gasteiger partial charge >= 0.3 is 0 Å². The third-order valence-corrected chi connectivity index (χ3v) is 5.60. The minimum atomic E-state index is -0.0200. The minimum Gasteiger partial charge on any atom is -0.445 e. The van der Waals surface area contributed by atoms with Crippen LogP contribution in [0.2, 0.25) is 0 Å². The normalized spacial score (nSPS) is 17.2. The van der Waals surface area contributed by atoms with E-state index in [0.29, 0.717) is 34.2 Å². The van der Waals surface area contributed by atoms with E-state index in [-0.39, 0.29) is 11.7 Å². The van der Waals surface area contributed by atoms with E-state index in [0.717, 1.165) is 30.9 Å². The molecule has 136 valence electrons. The summed E-state index contributed by atoms with van der Waals surface area (Å²) in [6.45, 7) is 5.12. The van der Waals surface area contributed by atoms with Crippen LogP contribution in [-0.4, -0.2) is 27.2 Å². The van der Waals surface area contributed by atoms with Crippen LogP contribution >= 0.6 is 11.8 Å². The monoisotopic (exact) mass is 371 g/mol. The Bertz CT molecular complexity index is 970. The smallest absolute Gasteiger partial charge is 0.262 e. The quantitative estimate of drug-likeness (QED) is 0.505. The van der Waals surface area contributed by atoms with Crippen molar-refractivity contribution in [3.8, 4) is 0 Å². The Labute approximate surface area is 155 Å². The molecule has 4 rings (SSSR count). The minimum absolute atomic E-state index is 0.0200. The molecule has 6 nitrogen and oxygen atoms in total. The number of para-hydroxylation sites is 1. The van der Waals surface area contributed by atoms with Gasteiger partial charge < -0.3 is 9.15 Å². The van der Waals surface area contributed by atoms with E-state index in [1.165, 1.54) is 11.8 Å². The van der Waals surface area contributed by atoms with Crippen LogP contribution in [0.15, 0.2) is 38.6 Å². The molecule has 0 N–H and O–H groups in total. The van der Waals surface area contributed by atoms with Gasteiger partial charge in [-0.05, 0) is 38.8 Å². The van der Waals surface area contributed by atoms with Crippen molar-refractivity contribution in [1.29, 1.82) is 0 Å². The Kier molecular flexibility index (Phi) is 4.82. The summed E-state index contributed by atoms with van der Waals surface area (Å²) in [5.74, 6) is 2.00. The number of ether oxygens (including phenoxy) is 1. The van der Waals surface area contributed by atoms with Gasteiger partial charge in [-0.15, -0.1) is 0 Å². The van der Waals surface area contributed by atoms with E-state index in [2.05, 4.69) is 4.98 Å². The van der Waals surface area contributed by atoms with Gasteiger partial charge in [-0.25, -0.2) is 9.97 Å². The molecule has 1 aliphatic rings. The summed E-state index contributed by atoms with van der Waals surface area (Å²) >= 11 is 1.47. The first-order chi connectivity index (χ1) is 12.6. The molecular weight excluding hydrogens is 350 g/mol. The summed E-state index contributed by atoms with van der Waals surface area (Å²) in [6.07, 6.45) is 2.08. The molecule has 1 saturated heterocycles. The molecule has 1 atom stereocenters. The van der Waals surface area contributed by atoms with Crippen molar-refractivity contribution in [2.75, 3.05) is 6.61 Å². The SMILES string of the molecule is Cc1nc(CSc2nc3ccccc3c(=O)n2C[C@@H]2CCCO2)oc1C. The summed E-state index contributed by atoms with van der Waals surface area (Å²) in [5, 5.41) is 1.32. The first-order valence-corrected chi connectivity index (χ1v) is 9.77. The Morgan fingerprint density at radius 2 is 2.12 bits per heavy atom. The molecule has 0 spiro atoms. The fourth-order valence-electron chi connectivity index (χ4n) is 3.14. The standard InChI is InChI=1S/C19H21N3O3S/c1-12-13(2)25-17(20-12)11-26-19-21-16-8-4-3-7-15(16)18(23)22(19)10-14-6-5-9-24-14/h3-4,7-8,14H,5-6,9-11H2,1-2H3/t14-/m0/s1. The highest BCUT2D eigenvalue weighted by molar-refractivity contribution is 7.98. The Balaban J connectivity index is 1.69. The van der Waals surface area contributed by atoms with Gasteiger partial charge in [0.2, 0.25) is 5.89 Å². The second kappa shape index (κ2) is 7.25. The van der Waals surface area contributed by atoms with E-state index >= 15 is 0 Å². The second-order valence-electron chi connectivity index (χ2n) is 6.50. The molecule has 0 bridgehead atoms. The Morgan fingerprint density at radius 1 is 1.27 bits per heavy atom. The zero-order valence-electron chi connectivity index (χ0n) is 14.9. The number of fused-ring (bicyclic) bond motifs is 1. The van der Waals surface area contributed by atoms with Gasteiger partial charge in [-0.1, -0.05) is 23.9 Å². The third-order valence-electron chi connectivity index (χ3n) is 4.63. The number of aromatic nitrogens is 3. The van der Waals surface area contributed by atoms with Crippen LogP contribution in [-0.2, 0) is 17.0 Å². The molecule has 3 heterocycles. The zero-order chi connectivity index (χ0) is 18.1. The van der Waals surface area contributed by atoms with Crippen molar-refractivity contribution < 1.29 is 9.15 Å². The van der Waals surface area contributed by atoms with Crippen LogP contribution in [0.1, 0.15) is 30.2 Å². The lowest BCUT2D eigenvalue weighted by Crippen LogP contribution is -2.28. The van der Waals surface area contributed by atoms with Crippen LogP contribution in [0.4, 0.5) is 0 Å². The lowest BCUT2D eigenvalue weighted by molar-refractivity contribution is 0.0937. The first kappa shape index (κ1) is 17.3. The summed E-state index contributed by atoms with van der Waals surface area (Å²) in [5.41, 5.74) is 1.58. The van der Waals surface area contributed by atoms with Gasteiger partial charge in [0.05, 0.1) is 35.0 Å².